The van der Waals surface area contributed by atoms with Crippen molar-refractivity contribution in [3.63, 3.8) is 0 Å². The summed E-state index contributed by atoms with van der Waals surface area (Å²) in [5.74, 6) is 0.916. The monoisotopic (exact) mass is 388 g/mol. The Morgan fingerprint density at radius 1 is 1.15 bits per heavy atom. The van der Waals surface area contributed by atoms with Gasteiger partial charge in [0.1, 0.15) is 0 Å². The lowest BCUT2D eigenvalue weighted by molar-refractivity contribution is 0.306. The summed E-state index contributed by atoms with van der Waals surface area (Å²) in [6, 6.07) is 14.9. The first-order chi connectivity index (χ1) is 13.0. The Morgan fingerprint density at radius 2 is 1.85 bits per heavy atom. The fraction of sp³-hybridized carbons (Fsp3) is 0.450. The molecule has 1 fully saturated rings. The molecule has 2 aromatic carbocycles. The van der Waals surface area contributed by atoms with Crippen molar-refractivity contribution < 1.29 is 8.42 Å². The highest BCUT2D eigenvalue weighted by Gasteiger charge is 2.26. The quantitative estimate of drug-likeness (QED) is 0.609. The normalized spacial score (nSPS) is 17.2. The first-order valence-electron chi connectivity index (χ1n) is 9.45. The predicted octanol–water partition coefficient (Wildman–Crippen LogP) is 2.32. The van der Waals surface area contributed by atoms with E-state index in [-0.39, 0.29) is 11.8 Å². The lowest BCUT2D eigenvalue weighted by atomic mass is 10.0. The predicted molar refractivity (Wildman–Crippen MR) is 111 cm³/mol. The maximum absolute atomic E-state index is 12.0. The molecular weight excluding hydrogens is 360 g/mol. The van der Waals surface area contributed by atoms with Crippen LogP contribution in [0.5, 0.6) is 0 Å². The molecule has 1 aliphatic heterocycles. The van der Waals surface area contributed by atoms with Crippen molar-refractivity contribution >= 4 is 26.8 Å². The van der Waals surface area contributed by atoms with Crippen molar-refractivity contribution in [3.05, 3.63) is 48.0 Å². The maximum Gasteiger partial charge on any atom is 0.213 e. The first kappa shape index (κ1) is 19.6. The molecular formula is C20H28N4O2S. The van der Waals surface area contributed by atoms with E-state index in [1.54, 1.807) is 18.3 Å². The molecule has 27 heavy (non-hydrogen) atoms. The van der Waals surface area contributed by atoms with Gasteiger partial charge in [0.05, 0.1) is 5.75 Å². The number of rotatable bonds is 5. The minimum atomic E-state index is -3.09. The molecule has 1 heterocycles. The number of hydrogen-bond donors (Lipinski definition) is 2. The molecule has 0 radical (unpaired) electrons. The number of piperidine rings is 1. The molecule has 6 nitrogen and oxygen atoms in total. The van der Waals surface area contributed by atoms with Gasteiger partial charge in [0.2, 0.25) is 10.0 Å². The second-order valence-electron chi connectivity index (χ2n) is 6.78. The largest absolute Gasteiger partial charge is 0.354 e. The van der Waals surface area contributed by atoms with Gasteiger partial charge in [-0.25, -0.2) is 12.7 Å². The number of nitrogens with one attached hydrogen (secondary N) is 2. The molecule has 0 spiro atoms. The van der Waals surface area contributed by atoms with E-state index >= 15 is 0 Å². The SMILES string of the molecule is CCS(=O)(=O)N1CCC(NC(=NC)NCc2cccc3ccccc23)CC1. The number of aliphatic imine (C=N–C) groups is 1. The second-order valence-corrected chi connectivity index (χ2v) is 9.04. The lowest BCUT2D eigenvalue weighted by Crippen LogP contribution is -2.49. The fourth-order valence-corrected chi connectivity index (χ4v) is 4.61. The Kier molecular flexibility index (Phi) is 6.34. The van der Waals surface area contributed by atoms with E-state index in [0.717, 1.165) is 18.8 Å². The van der Waals surface area contributed by atoms with Crippen LogP contribution in [0.4, 0.5) is 0 Å². The van der Waals surface area contributed by atoms with Gasteiger partial charge >= 0.3 is 0 Å². The Bertz CT molecular complexity index is 898. The van der Waals surface area contributed by atoms with Crippen LogP contribution in [0.1, 0.15) is 25.3 Å². The van der Waals surface area contributed by atoms with Crippen molar-refractivity contribution in [3.8, 4) is 0 Å². The number of sulfonamides is 1. The van der Waals surface area contributed by atoms with E-state index in [9.17, 15) is 8.42 Å². The molecule has 0 saturated carbocycles. The number of benzene rings is 2. The van der Waals surface area contributed by atoms with Crippen molar-refractivity contribution in [2.24, 2.45) is 4.99 Å². The van der Waals surface area contributed by atoms with Crippen LogP contribution in [0.25, 0.3) is 10.8 Å². The molecule has 1 aliphatic rings. The lowest BCUT2D eigenvalue weighted by Gasteiger charge is -2.32. The van der Waals surface area contributed by atoms with Crippen LogP contribution >= 0.6 is 0 Å². The van der Waals surface area contributed by atoms with Crippen LogP contribution in [0.2, 0.25) is 0 Å². The zero-order valence-electron chi connectivity index (χ0n) is 16.0. The van der Waals surface area contributed by atoms with Gasteiger partial charge < -0.3 is 10.6 Å². The summed E-state index contributed by atoms with van der Waals surface area (Å²) in [6.07, 6.45) is 1.57. The summed E-state index contributed by atoms with van der Waals surface area (Å²) in [4.78, 5) is 4.32. The Hall–Kier alpha value is -2.12. The summed E-state index contributed by atoms with van der Waals surface area (Å²) in [7, 11) is -1.33. The summed E-state index contributed by atoms with van der Waals surface area (Å²) < 4.78 is 25.5. The van der Waals surface area contributed by atoms with E-state index in [1.165, 1.54) is 16.3 Å². The van der Waals surface area contributed by atoms with Crippen LogP contribution < -0.4 is 10.6 Å². The zero-order chi connectivity index (χ0) is 19.3. The molecule has 0 atom stereocenters. The van der Waals surface area contributed by atoms with Crippen LogP contribution in [0.3, 0.4) is 0 Å². The molecule has 1 saturated heterocycles. The van der Waals surface area contributed by atoms with Crippen molar-refractivity contribution in [1.82, 2.24) is 14.9 Å². The van der Waals surface area contributed by atoms with Gasteiger partial charge in [0.25, 0.3) is 0 Å². The Labute approximate surface area is 161 Å². The smallest absolute Gasteiger partial charge is 0.213 e. The molecule has 0 aromatic heterocycles. The van der Waals surface area contributed by atoms with Crippen LogP contribution in [-0.2, 0) is 16.6 Å². The standard InChI is InChI=1S/C20H28N4O2S/c1-3-27(25,26)24-13-11-18(12-14-24)23-20(21-2)22-15-17-9-6-8-16-7-4-5-10-19(16)17/h4-10,18H,3,11-15H2,1-2H3,(H2,21,22,23). The van der Waals surface area contributed by atoms with E-state index in [2.05, 4.69) is 52.0 Å². The molecule has 0 aliphatic carbocycles. The van der Waals surface area contributed by atoms with Crippen molar-refractivity contribution in [1.29, 1.82) is 0 Å². The van der Waals surface area contributed by atoms with Crippen LogP contribution in [0.15, 0.2) is 47.5 Å². The number of guanidine groups is 1. The zero-order valence-corrected chi connectivity index (χ0v) is 16.8. The number of hydrogen-bond acceptors (Lipinski definition) is 3. The van der Waals surface area contributed by atoms with Gasteiger partial charge in [-0.3, -0.25) is 4.99 Å². The average molecular weight is 389 g/mol. The minimum absolute atomic E-state index is 0.166. The highest BCUT2D eigenvalue weighted by molar-refractivity contribution is 7.89. The van der Waals surface area contributed by atoms with Gasteiger partial charge in [-0.15, -0.1) is 0 Å². The van der Waals surface area contributed by atoms with Gasteiger partial charge in [-0.1, -0.05) is 42.5 Å². The maximum atomic E-state index is 12.0. The van der Waals surface area contributed by atoms with Gasteiger partial charge in [-0.05, 0) is 36.1 Å². The third kappa shape index (κ3) is 4.78. The molecule has 2 aromatic rings. The second kappa shape index (κ2) is 8.71. The molecule has 2 N–H and O–H groups in total. The molecule has 0 amide bonds. The van der Waals surface area contributed by atoms with Gasteiger partial charge in [0, 0.05) is 32.7 Å². The van der Waals surface area contributed by atoms with Gasteiger partial charge in [0.15, 0.2) is 5.96 Å². The number of fused-ring (bicyclic) bond motifs is 1. The highest BCUT2D eigenvalue weighted by atomic mass is 32.2. The summed E-state index contributed by atoms with van der Waals surface area (Å²) >= 11 is 0. The van der Waals surface area contributed by atoms with E-state index in [0.29, 0.717) is 19.6 Å². The van der Waals surface area contributed by atoms with Crippen molar-refractivity contribution in [2.45, 2.75) is 32.4 Å². The molecule has 0 bridgehead atoms. The third-order valence-corrected chi connectivity index (χ3v) is 6.98. The first-order valence-corrected chi connectivity index (χ1v) is 11.1. The molecule has 7 heteroatoms. The van der Waals surface area contributed by atoms with Crippen LogP contribution in [0, 0.1) is 0 Å². The molecule has 0 unspecified atom stereocenters. The Balaban J connectivity index is 1.56. The van der Waals surface area contributed by atoms with Gasteiger partial charge in [-0.2, -0.15) is 0 Å². The average Bonchev–Trinajstić information content (AvgIpc) is 2.71. The van der Waals surface area contributed by atoms with E-state index in [4.69, 9.17) is 0 Å². The summed E-state index contributed by atoms with van der Waals surface area (Å²) in [5, 5.41) is 9.28. The molecule has 146 valence electrons. The third-order valence-electron chi connectivity index (χ3n) is 5.10. The topological polar surface area (TPSA) is 73.8 Å². The van der Waals surface area contributed by atoms with Crippen LogP contribution in [-0.4, -0.2) is 50.6 Å². The summed E-state index contributed by atoms with van der Waals surface area (Å²) in [6.45, 7) is 3.51. The van der Waals surface area contributed by atoms with E-state index < -0.39 is 10.0 Å². The minimum Gasteiger partial charge on any atom is -0.354 e. The number of nitrogens with zero attached hydrogens (tertiary/aromatic N) is 2. The van der Waals surface area contributed by atoms with Crippen molar-refractivity contribution in [2.75, 3.05) is 25.9 Å². The highest BCUT2D eigenvalue weighted by Crippen LogP contribution is 2.18. The summed E-state index contributed by atoms with van der Waals surface area (Å²) in [5.41, 5.74) is 1.22. The fourth-order valence-electron chi connectivity index (χ4n) is 3.47. The Morgan fingerprint density at radius 3 is 2.56 bits per heavy atom. The molecule has 3 rings (SSSR count). The van der Waals surface area contributed by atoms with E-state index in [1.807, 2.05) is 6.07 Å².